The number of rotatable bonds is 4. The molecule has 0 radical (unpaired) electrons. The van der Waals surface area contributed by atoms with Crippen molar-refractivity contribution < 1.29 is 9.59 Å². The number of thiocarbonyl (C=S) groups is 1. The number of hydrogen-bond donors (Lipinski definition) is 3. The van der Waals surface area contributed by atoms with Gasteiger partial charge in [0.15, 0.2) is 5.11 Å². The van der Waals surface area contributed by atoms with Crippen molar-refractivity contribution in [3.8, 4) is 0 Å². The zero-order valence-corrected chi connectivity index (χ0v) is 15.6. The van der Waals surface area contributed by atoms with Crippen LogP contribution in [0.3, 0.4) is 0 Å². The van der Waals surface area contributed by atoms with Crippen LogP contribution in [0.5, 0.6) is 0 Å². The van der Waals surface area contributed by atoms with E-state index in [1.165, 1.54) is 0 Å². The first kappa shape index (κ1) is 18.5. The predicted octanol–water partition coefficient (Wildman–Crippen LogP) is 3.26. The Morgan fingerprint density at radius 1 is 0.963 bits per heavy atom. The van der Waals surface area contributed by atoms with Crippen LogP contribution in [0.1, 0.15) is 15.9 Å². The van der Waals surface area contributed by atoms with Crippen molar-refractivity contribution in [1.29, 1.82) is 0 Å². The summed E-state index contributed by atoms with van der Waals surface area (Å²) in [5.74, 6) is -0.393. The van der Waals surface area contributed by atoms with Gasteiger partial charge in [-0.05, 0) is 46.8 Å². The molecule has 3 aromatic carbocycles. The highest BCUT2D eigenvalue weighted by Crippen LogP contribution is 2.19. The third kappa shape index (κ3) is 4.68. The van der Waals surface area contributed by atoms with Gasteiger partial charge in [0.25, 0.3) is 5.91 Å². The van der Waals surface area contributed by atoms with Crippen molar-refractivity contribution in [2.24, 2.45) is 0 Å². The van der Waals surface area contributed by atoms with Gasteiger partial charge in [-0.2, -0.15) is 0 Å². The number of hydrogen-bond acceptors (Lipinski definition) is 3. The van der Waals surface area contributed by atoms with E-state index in [1.54, 1.807) is 31.3 Å². The van der Waals surface area contributed by atoms with Crippen LogP contribution >= 0.6 is 12.2 Å². The minimum Gasteiger partial charge on any atom is -0.355 e. The summed E-state index contributed by atoms with van der Waals surface area (Å²) in [5.41, 5.74) is 2.08. The van der Waals surface area contributed by atoms with Crippen LogP contribution in [-0.4, -0.2) is 24.0 Å². The van der Waals surface area contributed by atoms with Crippen molar-refractivity contribution in [1.82, 2.24) is 10.6 Å². The highest BCUT2D eigenvalue weighted by Gasteiger charge is 2.10. The number of carbonyl (C=O) groups is 2. The SMILES string of the molecule is CNC(=O)c1cccc(NC(=S)NC(=O)Cc2cccc3ccccc23)c1. The molecule has 0 aliphatic heterocycles. The van der Waals surface area contributed by atoms with Gasteiger partial charge in [0.1, 0.15) is 0 Å². The van der Waals surface area contributed by atoms with E-state index in [9.17, 15) is 9.59 Å². The molecule has 0 aliphatic rings. The molecule has 6 heteroatoms. The van der Waals surface area contributed by atoms with E-state index >= 15 is 0 Å². The zero-order chi connectivity index (χ0) is 19.2. The summed E-state index contributed by atoms with van der Waals surface area (Å²) in [4.78, 5) is 24.1. The molecule has 0 aromatic heterocycles. The van der Waals surface area contributed by atoms with Crippen LogP contribution in [0.15, 0.2) is 66.7 Å². The number of carbonyl (C=O) groups excluding carboxylic acids is 2. The summed E-state index contributed by atoms with van der Waals surface area (Å²) in [6, 6.07) is 20.7. The maximum Gasteiger partial charge on any atom is 0.251 e. The zero-order valence-electron chi connectivity index (χ0n) is 14.8. The highest BCUT2D eigenvalue weighted by atomic mass is 32.1. The van der Waals surface area contributed by atoms with Gasteiger partial charge in [-0.3, -0.25) is 9.59 Å². The molecule has 0 unspecified atom stereocenters. The smallest absolute Gasteiger partial charge is 0.251 e. The molecule has 3 rings (SSSR count). The topological polar surface area (TPSA) is 70.2 Å². The molecular formula is C21H19N3O2S. The molecule has 0 atom stereocenters. The van der Waals surface area contributed by atoms with Gasteiger partial charge in [-0.1, -0.05) is 48.5 Å². The van der Waals surface area contributed by atoms with E-state index in [0.717, 1.165) is 16.3 Å². The first-order valence-electron chi connectivity index (χ1n) is 8.46. The Kier molecular flexibility index (Phi) is 5.78. The number of nitrogens with one attached hydrogen (secondary N) is 3. The number of anilines is 1. The van der Waals surface area contributed by atoms with E-state index in [-0.39, 0.29) is 23.3 Å². The average Bonchev–Trinajstić information content (AvgIpc) is 2.67. The minimum absolute atomic E-state index is 0.189. The molecule has 0 bridgehead atoms. The van der Waals surface area contributed by atoms with Gasteiger partial charge in [0.05, 0.1) is 6.42 Å². The fourth-order valence-corrected chi connectivity index (χ4v) is 3.07. The van der Waals surface area contributed by atoms with E-state index in [4.69, 9.17) is 12.2 Å². The van der Waals surface area contributed by atoms with Crippen molar-refractivity contribution in [2.45, 2.75) is 6.42 Å². The molecule has 0 saturated carbocycles. The monoisotopic (exact) mass is 377 g/mol. The highest BCUT2D eigenvalue weighted by molar-refractivity contribution is 7.80. The molecule has 3 N–H and O–H groups in total. The van der Waals surface area contributed by atoms with Gasteiger partial charge in [-0.15, -0.1) is 0 Å². The standard InChI is InChI=1S/C21H19N3O2S/c1-22-20(26)16-9-5-10-17(12-16)23-21(27)24-19(25)13-15-8-4-7-14-6-2-3-11-18(14)15/h2-12H,13H2,1H3,(H,22,26)(H2,23,24,25,27). The summed E-state index contributed by atoms with van der Waals surface area (Å²) < 4.78 is 0. The normalized spacial score (nSPS) is 10.3. The van der Waals surface area contributed by atoms with Gasteiger partial charge in [0.2, 0.25) is 5.91 Å². The fraction of sp³-hybridized carbons (Fsp3) is 0.0952. The van der Waals surface area contributed by atoms with Crippen molar-refractivity contribution in [3.05, 3.63) is 77.9 Å². The predicted molar refractivity (Wildman–Crippen MR) is 112 cm³/mol. The van der Waals surface area contributed by atoms with Gasteiger partial charge >= 0.3 is 0 Å². The van der Waals surface area contributed by atoms with Crippen molar-refractivity contribution in [3.63, 3.8) is 0 Å². The Morgan fingerprint density at radius 2 is 1.70 bits per heavy atom. The molecule has 5 nitrogen and oxygen atoms in total. The van der Waals surface area contributed by atoms with Crippen molar-refractivity contribution in [2.75, 3.05) is 12.4 Å². The van der Waals surface area contributed by atoms with Crippen molar-refractivity contribution >= 4 is 45.6 Å². The van der Waals surface area contributed by atoms with Gasteiger partial charge in [-0.25, -0.2) is 0 Å². The maximum absolute atomic E-state index is 12.4. The van der Waals surface area contributed by atoms with Crippen LogP contribution in [-0.2, 0) is 11.2 Å². The van der Waals surface area contributed by atoms with Crippen LogP contribution in [0.25, 0.3) is 10.8 Å². The second kappa shape index (κ2) is 8.42. The Labute approximate surface area is 162 Å². The van der Waals surface area contributed by atoms with Gasteiger partial charge in [0, 0.05) is 18.3 Å². The lowest BCUT2D eigenvalue weighted by atomic mass is 10.0. The molecule has 2 amide bonds. The largest absolute Gasteiger partial charge is 0.355 e. The average molecular weight is 377 g/mol. The Morgan fingerprint density at radius 3 is 2.52 bits per heavy atom. The second-order valence-corrected chi connectivity index (χ2v) is 6.39. The van der Waals surface area contributed by atoms with Crippen LogP contribution < -0.4 is 16.0 Å². The molecule has 3 aromatic rings. The number of amides is 2. The van der Waals surface area contributed by atoms with E-state index < -0.39 is 0 Å². The molecule has 27 heavy (non-hydrogen) atoms. The number of benzene rings is 3. The quantitative estimate of drug-likeness (QED) is 0.611. The Hall–Kier alpha value is -3.25. The Balaban J connectivity index is 1.64. The second-order valence-electron chi connectivity index (χ2n) is 5.98. The molecule has 136 valence electrons. The van der Waals surface area contributed by atoms with Crippen LogP contribution in [0.2, 0.25) is 0 Å². The molecule has 0 fully saturated rings. The summed E-state index contributed by atoms with van der Waals surface area (Å²) in [7, 11) is 1.57. The molecular weight excluding hydrogens is 358 g/mol. The van der Waals surface area contributed by atoms with E-state index in [1.807, 2.05) is 42.5 Å². The summed E-state index contributed by atoms with van der Waals surface area (Å²) in [6.45, 7) is 0. The minimum atomic E-state index is -0.202. The van der Waals surface area contributed by atoms with Crippen LogP contribution in [0.4, 0.5) is 5.69 Å². The Bertz CT molecular complexity index is 1010. The maximum atomic E-state index is 12.4. The fourth-order valence-electron chi connectivity index (χ4n) is 2.84. The lowest BCUT2D eigenvalue weighted by Crippen LogP contribution is -2.35. The molecule has 0 aliphatic carbocycles. The van der Waals surface area contributed by atoms with Crippen LogP contribution in [0, 0.1) is 0 Å². The third-order valence-electron chi connectivity index (χ3n) is 4.09. The first-order chi connectivity index (χ1) is 13.1. The molecule has 0 spiro atoms. The summed E-state index contributed by atoms with van der Waals surface area (Å²) in [5, 5.41) is 10.5. The lowest BCUT2D eigenvalue weighted by Gasteiger charge is -2.11. The molecule has 0 heterocycles. The summed E-state index contributed by atoms with van der Waals surface area (Å²) in [6.07, 6.45) is 0.224. The molecule has 0 saturated heterocycles. The summed E-state index contributed by atoms with van der Waals surface area (Å²) >= 11 is 5.22. The van der Waals surface area contributed by atoms with E-state index in [2.05, 4.69) is 16.0 Å². The van der Waals surface area contributed by atoms with E-state index in [0.29, 0.717) is 11.3 Å². The lowest BCUT2D eigenvalue weighted by molar-refractivity contribution is -0.119. The number of fused-ring (bicyclic) bond motifs is 1. The first-order valence-corrected chi connectivity index (χ1v) is 8.87. The van der Waals surface area contributed by atoms with Gasteiger partial charge < -0.3 is 16.0 Å². The third-order valence-corrected chi connectivity index (χ3v) is 4.30.